The van der Waals surface area contributed by atoms with E-state index in [1.807, 2.05) is 24.3 Å². The number of fused-ring (bicyclic) bond motifs is 1. The number of halogens is 2. The Morgan fingerprint density at radius 3 is 2.82 bits per heavy atom. The normalized spacial score (nSPS) is 11.1. The number of unbranched alkanes of at least 4 members (excludes halogenated alkanes) is 1. The predicted molar refractivity (Wildman–Crippen MR) is 113 cm³/mol. The molecular weight excluding hydrogens is 377 g/mol. The lowest BCUT2D eigenvalue weighted by atomic mass is 10.2. The fraction of sp³-hybridized carbons (Fsp3) is 0.182. The molecule has 0 fully saturated rings. The Morgan fingerprint density at radius 2 is 1.96 bits per heavy atom. The molecule has 6 heteroatoms. The minimum Gasteiger partial charge on any atom is -0.384 e. The van der Waals surface area contributed by atoms with Crippen molar-refractivity contribution in [3.05, 3.63) is 77.2 Å². The van der Waals surface area contributed by atoms with E-state index < -0.39 is 0 Å². The summed E-state index contributed by atoms with van der Waals surface area (Å²) in [7, 11) is 0. The molecule has 0 bridgehead atoms. The predicted octanol–water partition coefficient (Wildman–Crippen LogP) is 5.05. The van der Waals surface area contributed by atoms with Crippen molar-refractivity contribution in [3.8, 4) is 0 Å². The minimum atomic E-state index is -0.319. The summed E-state index contributed by atoms with van der Waals surface area (Å²) in [6.07, 6.45) is 6.53. The number of anilines is 1. The van der Waals surface area contributed by atoms with Crippen LogP contribution in [0.3, 0.4) is 0 Å². The number of aromatic nitrogens is 1. The largest absolute Gasteiger partial charge is 0.384 e. The van der Waals surface area contributed by atoms with Crippen LogP contribution >= 0.6 is 11.6 Å². The molecular formula is C22H21ClFN3O. The third-order valence-electron chi connectivity index (χ3n) is 4.20. The molecule has 144 valence electrons. The van der Waals surface area contributed by atoms with Gasteiger partial charge in [0, 0.05) is 41.5 Å². The van der Waals surface area contributed by atoms with E-state index in [1.54, 1.807) is 24.4 Å². The third kappa shape index (κ3) is 5.79. The van der Waals surface area contributed by atoms with E-state index in [0.29, 0.717) is 17.1 Å². The van der Waals surface area contributed by atoms with Crippen LogP contribution in [-0.2, 0) is 4.79 Å². The van der Waals surface area contributed by atoms with Crippen LogP contribution in [0.15, 0.2) is 60.8 Å². The van der Waals surface area contributed by atoms with E-state index in [0.717, 1.165) is 36.0 Å². The second-order valence-electron chi connectivity index (χ2n) is 6.33. The monoisotopic (exact) mass is 397 g/mol. The van der Waals surface area contributed by atoms with Gasteiger partial charge in [-0.25, -0.2) is 4.39 Å². The molecule has 1 heterocycles. The SMILES string of the molecule is O=C(/C=C/c1cccc(F)c1)NCCCCNc1ccnc2cc(Cl)ccc12. The molecule has 0 atom stereocenters. The average molecular weight is 398 g/mol. The van der Waals surface area contributed by atoms with Gasteiger partial charge >= 0.3 is 0 Å². The van der Waals surface area contributed by atoms with Crippen LogP contribution < -0.4 is 10.6 Å². The molecule has 4 nitrogen and oxygen atoms in total. The summed E-state index contributed by atoms with van der Waals surface area (Å²) in [5.41, 5.74) is 2.53. The van der Waals surface area contributed by atoms with E-state index in [2.05, 4.69) is 15.6 Å². The lowest BCUT2D eigenvalue weighted by Gasteiger charge is -2.09. The summed E-state index contributed by atoms with van der Waals surface area (Å²) in [5.74, 6) is -0.505. The molecule has 1 amide bonds. The summed E-state index contributed by atoms with van der Waals surface area (Å²) >= 11 is 6.01. The molecule has 0 saturated carbocycles. The van der Waals surface area contributed by atoms with Crippen molar-refractivity contribution in [2.24, 2.45) is 0 Å². The third-order valence-corrected chi connectivity index (χ3v) is 4.43. The molecule has 2 N–H and O–H groups in total. The summed E-state index contributed by atoms with van der Waals surface area (Å²) in [6, 6.07) is 13.7. The van der Waals surface area contributed by atoms with Crippen molar-refractivity contribution >= 4 is 40.2 Å². The van der Waals surface area contributed by atoms with Gasteiger partial charge in [0.25, 0.3) is 0 Å². The molecule has 3 rings (SSSR count). The maximum Gasteiger partial charge on any atom is 0.243 e. The lowest BCUT2D eigenvalue weighted by Crippen LogP contribution is -2.22. The van der Waals surface area contributed by atoms with Crippen molar-refractivity contribution in [3.63, 3.8) is 0 Å². The van der Waals surface area contributed by atoms with E-state index in [1.165, 1.54) is 18.2 Å². The molecule has 2 aromatic carbocycles. The Labute approximate surface area is 168 Å². The van der Waals surface area contributed by atoms with Gasteiger partial charge < -0.3 is 10.6 Å². The number of nitrogens with zero attached hydrogens (tertiary/aromatic N) is 1. The van der Waals surface area contributed by atoms with Gasteiger partial charge in [-0.05, 0) is 60.9 Å². The first-order chi connectivity index (χ1) is 13.6. The highest BCUT2D eigenvalue weighted by molar-refractivity contribution is 6.31. The summed E-state index contributed by atoms with van der Waals surface area (Å²) < 4.78 is 13.1. The first-order valence-electron chi connectivity index (χ1n) is 9.11. The van der Waals surface area contributed by atoms with Crippen LogP contribution in [0, 0.1) is 5.82 Å². The van der Waals surface area contributed by atoms with Gasteiger partial charge in [-0.3, -0.25) is 9.78 Å². The fourth-order valence-corrected chi connectivity index (χ4v) is 2.97. The number of amides is 1. The van der Waals surface area contributed by atoms with Gasteiger partial charge in [-0.1, -0.05) is 23.7 Å². The number of nitrogens with one attached hydrogen (secondary N) is 2. The molecule has 0 aliphatic heterocycles. The zero-order chi connectivity index (χ0) is 19.8. The van der Waals surface area contributed by atoms with Crippen LogP contribution in [-0.4, -0.2) is 24.0 Å². The van der Waals surface area contributed by atoms with Gasteiger partial charge in [-0.15, -0.1) is 0 Å². The van der Waals surface area contributed by atoms with Gasteiger partial charge in [0.1, 0.15) is 5.82 Å². The molecule has 0 aliphatic carbocycles. The molecule has 28 heavy (non-hydrogen) atoms. The highest BCUT2D eigenvalue weighted by Crippen LogP contribution is 2.24. The second kappa shape index (κ2) is 9.85. The van der Waals surface area contributed by atoms with Gasteiger partial charge in [-0.2, -0.15) is 0 Å². The number of rotatable bonds is 8. The molecule has 0 unspecified atom stereocenters. The fourth-order valence-electron chi connectivity index (χ4n) is 2.80. The van der Waals surface area contributed by atoms with Crippen molar-refractivity contribution in [2.75, 3.05) is 18.4 Å². The lowest BCUT2D eigenvalue weighted by molar-refractivity contribution is -0.116. The molecule has 0 saturated heterocycles. The number of hydrogen-bond donors (Lipinski definition) is 2. The van der Waals surface area contributed by atoms with Gasteiger partial charge in [0.05, 0.1) is 5.52 Å². The standard InChI is InChI=1S/C22H21ClFN3O/c23-17-7-8-19-20(10-13-26-21(19)15-17)25-11-1-2-12-27-22(28)9-6-16-4-3-5-18(24)14-16/h3-10,13-15H,1-2,11-12H2,(H,25,26)(H,27,28)/b9-6+. The zero-order valence-electron chi connectivity index (χ0n) is 15.3. The Kier molecular flexibility index (Phi) is 6.98. The number of benzene rings is 2. The Bertz CT molecular complexity index is 990. The number of pyridine rings is 1. The Hall–Kier alpha value is -2.92. The highest BCUT2D eigenvalue weighted by atomic mass is 35.5. The topological polar surface area (TPSA) is 54.0 Å². The smallest absolute Gasteiger partial charge is 0.243 e. The van der Waals surface area contributed by atoms with E-state index in [9.17, 15) is 9.18 Å². The Balaban J connectivity index is 1.38. The molecule has 0 aliphatic rings. The first-order valence-corrected chi connectivity index (χ1v) is 9.49. The van der Waals surface area contributed by atoms with E-state index in [-0.39, 0.29) is 11.7 Å². The quantitative estimate of drug-likeness (QED) is 0.413. The molecule has 3 aromatic rings. The van der Waals surface area contributed by atoms with Crippen LogP contribution in [0.25, 0.3) is 17.0 Å². The summed E-state index contributed by atoms with van der Waals surface area (Å²) in [6.45, 7) is 1.37. The maximum absolute atomic E-state index is 13.1. The van der Waals surface area contributed by atoms with Crippen LogP contribution in [0.2, 0.25) is 5.02 Å². The summed E-state index contributed by atoms with van der Waals surface area (Å²) in [4.78, 5) is 16.1. The summed E-state index contributed by atoms with van der Waals surface area (Å²) in [5, 5.41) is 7.93. The van der Waals surface area contributed by atoms with Crippen LogP contribution in [0.1, 0.15) is 18.4 Å². The molecule has 1 aromatic heterocycles. The average Bonchev–Trinajstić information content (AvgIpc) is 2.69. The van der Waals surface area contributed by atoms with Crippen molar-refractivity contribution in [1.82, 2.24) is 10.3 Å². The number of carbonyl (C=O) groups is 1. The van der Waals surface area contributed by atoms with Crippen molar-refractivity contribution in [2.45, 2.75) is 12.8 Å². The molecule has 0 radical (unpaired) electrons. The van der Waals surface area contributed by atoms with E-state index >= 15 is 0 Å². The van der Waals surface area contributed by atoms with E-state index in [4.69, 9.17) is 11.6 Å². The molecule has 0 spiro atoms. The zero-order valence-corrected chi connectivity index (χ0v) is 16.0. The second-order valence-corrected chi connectivity index (χ2v) is 6.77. The Morgan fingerprint density at radius 1 is 1.11 bits per heavy atom. The van der Waals surface area contributed by atoms with Gasteiger partial charge in [0.2, 0.25) is 5.91 Å². The van der Waals surface area contributed by atoms with Crippen LogP contribution in [0.4, 0.5) is 10.1 Å². The van der Waals surface area contributed by atoms with Crippen molar-refractivity contribution < 1.29 is 9.18 Å². The first kappa shape index (κ1) is 19.8. The van der Waals surface area contributed by atoms with Crippen LogP contribution in [0.5, 0.6) is 0 Å². The van der Waals surface area contributed by atoms with Gasteiger partial charge in [0.15, 0.2) is 0 Å². The highest BCUT2D eigenvalue weighted by Gasteiger charge is 2.02. The maximum atomic E-state index is 13.1. The number of carbonyl (C=O) groups excluding carboxylic acids is 1. The minimum absolute atomic E-state index is 0.186. The van der Waals surface area contributed by atoms with Crippen molar-refractivity contribution in [1.29, 1.82) is 0 Å². The number of hydrogen-bond acceptors (Lipinski definition) is 3.